The molecule has 0 atom stereocenters. The van der Waals surface area contributed by atoms with Crippen molar-refractivity contribution in [3.05, 3.63) is 64.9 Å². The summed E-state index contributed by atoms with van der Waals surface area (Å²) in [6.45, 7) is 0.496. The number of rotatable bonds is 9. The lowest BCUT2D eigenvalue weighted by molar-refractivity contribution is -0.133. The monoisotopic (exact) mass is 470 g/mol. The van der Waals surface area contributed by atoms with Gasteiger partial charge in [-0.25, -0.2) is 0 Å². The number of carbonyl (C=O) groups excluding carboxylic acids is 2. The van der Waals surface area contributed by atoms with Gasteiger partial charge >= 0.3 is 0 Å². The molecule has 1 aromatic carbocycles. The lowest BCUT2D eigenvalue weighted by Crippen LogP contribution is -2.52. The van der Waals surface area contributed by atoms with Crippen molar-refractivity contribution < 1.29 is 9.59 Å². The van der Waals surface area contributed by atoms with E-state index in [1.165, 1.54) is 5.56 Å². The fourth-order valence-electron chi connectivity index (χ4n) is 4.67. The molecule has 0 spiro atoms. The minimum atomic E-state index is -0.0460. The van der Waals surface area contributed by atoms with Crippen molar-refractivity contribution in [1.82, 2.24) is 20.1 Å². The standard InChI is InChI=1S/C26H35ClN4O2/c1-30(2)26(17-20-6-4-8-22(27)16-20)13-11-23(12-14-26)29-24(32)9-10-25(33)31(3)19-21-7-5-15-28-18-21/h4-8,15-16,18,23H,9-14,17,19H2,1-3H3,(H,29,32). The van der Waals surface area contributed by atoms with Gasteiger partial charge in [-0.1, -0.05) is 29.8 Å². The normalized spacial score (nSPS) is 20.5. The van der Waals surface area contributed by atoms with Crippen molar-refractivity contribution in [2.24, 2.45) is 0 Å². The molecule has 7 heteroatoms. The Labute approximate surface area is 202 Å². The smallest absolute Gasteiger partial charge is 0.223 e. The predicted molar refractivity (Wildman–Crippen MR) is 132 cm³/mol. The Kier molecular flexibility index (Phi) is 8.87. The van der Waals surface area contributed by atoms with Crippen LogP contribution in [-0.2, 0) is 22.6 Å². The molecule has 1 fully saturated rings. The minimum Gasteiger partial charge on any atom is -0.353 e. The number of pyridine rings is 1. The van der Waals surface area contributed by atoms with Gasteiger partial charge in [-0.3, -0.25) is 14.6 Å². The van der Waals surface area contributed by atoms with Gasteiger partial charge in [-0.2, -0.15) is 0 Å². The van der Waals surface area contributed by atoms with Crippen LogP contribution in [0.5, 0.6) is 0 Å². The second-order valence-corrected chi connectivity index (χ2v) is 9.81. The maximum absolute atomic E-state index is 12.5. The first-order chi connectivity index (χ1) is 15.8. The molecule has 0 bridgehead atoms. The summed E-state index contributed by atoms with van der Waals surface area (Å²) in [6, 6.07) is 12.0. The summed E-state index contributed by atoms with van der Waals surface area (Å²) in [4.78, 5) is 33.0. The van der Waals surface area contributed by atoms with Gasteiger partial charge in [0.05, 0.1) is 0 Å². The number of hydrogen-bond donors (Lipinski definition) is 1. The number of carbonyl (C=O) groups is 2. The van der Waals surface area contributed by atoms with Gasteiger partial charge in [0.1, 0.15) is 0 Å². The van der Waals surface area contributed by atoms with Crippen LogP contribution >= 0.6 is 11.6 Å². The lowest BCUT2D eigenvalue weighted by Gasteiger charge is -2.45. The summed E-state index contributed by atoms with van der Waals surface area (Å²) in [6.07, 6.45) is 8.70. The van der Waals surface area contributed by atoms with Crippen LogP contribution in [0.15, 0.2) is 48.8 Å². The number of likely N-dealkylation sites (N-methyl/N-ethyl adjacent to an activating group) is 1. The van der Waals surface area contributed by atoms with Crippen molar-refractivity contribution in [3.63, 3.8) is 0 Å². The molecule has 2 aromatic rings. The molecule has 0 aliphatic heterocycles. The third kappa shape index (κ3) is 7.27. The minimum absolute atomic E-state index is 0.0363. The van der Waals surface area contributed by atoms with E-state index in [0.717, 1.165) is 42.7 Å². The zero-order chi connectivity index (χ0) is 23.8. The van der Waals surface area contributed by atoms with Crippen LogP contribution in [0.3, 0.4) is 0 Å². The van der Waals surface area contributed by atoms with E-state index < -0.39 is 0 Å². The van der Waals surface area contributed by atoms with Crippen molar-refractivity contribution in [2.45, 2.75) is 63.1 Å². The van der Waals surface area contributed by atoms with E-state index in [-0.39, 0.29) is 36.2 Å². The molecule has 33 heavy (non-hydrogen) atoms. The fraction of sp³-hybridized carbons (Fsp3) is 0.500. The number of halogens is 1. The molecule has 0 saturated heterocycles. The van der Waals surface area contributed by atoms with Gasteiger partial charge in [0.15, 0.2) is 0 Å². The third-order valence-corrected chi connectivity index (χ3v) is 7.02. The van der Waals surface area contributed by atoms with Gasteiger partial charge in [0.25, 0.3) is 0 Å². The van der Waals surface area contributed by atoms with Gasteiger partial charge in [0, 0.05) is 55.4 Å². The molecular weight excluding hydrogens is 436 g/mol. The maximum Gasteiger partial charge on any atom is 0.223 e. The van der Waals surface area contributed by atoms with Crippen LogP contribution in [0.2, 0.25) is 5.02 Å². The van der Waals surface area contributed by atoms with Gasteiger partial charge < -0.3 is 15.1 Å². The Bertz CT molecular complexity index is 927. The van der Waals surface area contributed by atoms with Crippen molar-refractivity contribution >= 4 is 23.4 Å². The molecule has 178 valence electrons. The molecule has 1 aliphatic carbocycles. The van der Waals surface area contributed by atoms with Crippen LogP contribution in [0.1, 0.15) is 49.7 Å². The number of aromatic nitrogens is 1. The van der Waals surface area contributed by atoms with E-state index in [2.05, 4.69) is 35.4 Å². The fourth-order valence-corrected chi connectivity index (χ4v) is 4.89. The zero-order valence-electron chi connectivity index (χ0n) is 19.9. The third-order valence-electron chi connectivity index (χ3n) is 6.79. The van der Waals surface area contributed by atoms with E-state index in [0.29, 0.717) is 6.54 Å². The van der Waals surface area contributed by atoms with Gasteiger partial charge in [-0.05, 0) is 75.5 Å². The molecular formula is C26H35ClN4O2. The molecule has 2 amide bonds. The summed E-state index contributed by atoms with van der Waals surface area (Å²) < 4.78 is 0. The zero-order valence-corrected chi connectivity index (χ0v) is 20.6. The van der Waals surface area contributed by atoms with E-state index in [9.17, 15) is 9.59 Å². The highest BCUT2D eigenvalue weighted by Crippen LogP contribution is 2.36. The van der Waals surface area contributed by atoms with Gasteiger partial charge in [-0.15, -0.1) is 0 Å². The maximum atomic E-state index is 12.5. The quantitative estimate of drug-likeness (QED) is 0.599. The molecule has 0 radical (unpaired) electrons. The first kappa shape index (κ1) is 25.2. The summed E-state index contributed by atoms with van der Waals surface area (Å²) in [5, 5.41) is 3.92. The molecule has 1 heterocycles. The largest absolute Gasteiger partial charge is 0.353 e. The second kappa shape index (κ2) is 11.6. The Balaban J connectivity index is 1.44. The predicted octanol–water partition coefficient (Wildman–Crippen LogP) is 4.08. The number of nitrogens with one attached hydrogen (secondary N) is 1. The van der Waals surface area contributed by atoms with E-state index in [1.54, 1.807) is 24.3 Å². The van der Waals surface area contributed by atoms with E-state index >= 15 is 0 Å². The summed E-state index contributed by atoms with van der Waals surface area (Å²) in [5.74, 6) is -0.0823. The average Bonchev–Trinajstić information content (AvgIpc) is 2.79. The number of benzene rings is 1. The molecule has 1 saturated carbocycles. The highest BCUT2D eigenvalue weighted by atomic mass is 35.5. The second-order valence-electron chi connectivity index (χ2n) is 9.38. The van der Waals surface area contributed by atoms with Crippen LogP contribution in [-0.4, -0.2) is 59.3 Å². The summed E-state index contributed by atoms with van der Waals surface area (Å²) in [7, 11) is 6.03. The summed E-state index contributed by atoms with van der Waals surface area (Å²) >= 11 is 6.19. The Hall–Kier alpha value is -2.44. The van der Waals surface area contributed by atoms with Crippen LogP contribution in [0, 0.1) is 0 Å². The first-order valence-electron chi connectivity index (χ1n) is 11.6. The van der Waals surface area contributed by atoms with Crippen LogP contribution in [0.25, 0.3) is 0 Å². The van der Waals surface area contributed by atoms with E-state index in [1.807, 2.05) is 30.3 Å². The van der Waals surface area contributed by atoms with Crippen molar-refractivity contribution in [1.29, 1.82) is 0 Å². The Morgan fingerprint density at radius 2 is 1.82 bits per heavy atom. The highest BCUT2D eigenvalue weighted by Gasteiger charge is 2.37. The van der Waals surface area contributed by atoms with Gasteiger partial charge in [0.2, 0.25) is 11.8 Å². The highest BCUT2D eigenvalue weighted by molar-refractivity contribution is 6.30. The molecule has 1 N–H and O–H groups in total. The Morgan fingerprint density at radius 3 is 2.45 bits per heavy atom. The van der Waals surface area contributed by atoms with Crippen molar-refractivity contribution in [3.8, 4) is 0 Å². The molecule has 0 unspecified atom stereocenters. The van der Waals surface area contributed by atoms with E-state index in [4.69, 9.17) is 11.6 Å². The SMILES string of the molecule is CN(Cc1cccnc1)C(=O)CCC(=O)NC1CCC(Cc2cccc(Cl)c2)(N(C)C)CC1. The van der Waals surface area contributed by atoms with Crippen LogP contribution < -0.4 is 5.32 Å². The first-order valence-corrected chi connectivity index (χ1v) is 12.0. The average molecular weight is 471 g/mol. The number of hydrogen-bond acceptors (Lipinski definition) is 4. The Morgan fingerprint density at radius 1 is 1.09 bits per heavy atom. The lowest BCUT2D eigenvalue weighted by atomic mass is 9.75. The molecule has 3 rings (SSSR count). The van der Waals surface area contributed by atoms with Crippen molar-refractivity contribution in [2.75, 3.05) is 21.1 Å². The topological polar surface area (TPSA) is 65.5 Å². The molecule has 1 aliphatic rings. The number of nitrogens with zero attached hydrogens (tertiary/aromatic N) is 3. The molecule has 1 aromatic heterocycles. The number of amides is 2. The summed E-state index contributed by atoms with van der Waals surface area (Å²) in [5.41, 5.74) is 2.28. The van der Waals surface area contributed by atoms with Crippen LogP contribution in [0.4, 0.5) is 0 Å². The molecule has 6 nitrogen and oxygen atoms in total.